The van der Waals surface area contributed by atoms with Crippen molar-refractivity contribution in [2.45, 2.75) is 6.42 Å². The van der Waals surface area contributed by atoms with Crippen molar-refractivity contribution >= 4 is 27.8 Å². The van der Waals surface area contributed by atoms with Gasteiger partial charge in [0.2, 0.25) is 0 Å². The summed E-state index contributed by atoms with van der Waals surface area (Å²) in [5.74, 6) is 0.288. The van der Waals surface area contributed by atoms with Crippen molar-refractivity contribution < 1.29 is 9.18 Å². The summed E-state index contributed by atoms with van der Waals surface area (Å²) >= 11 is 0. The molecule has 0 spiro atoms. The quantitative estimate of drug-likeness (QED) is 0.540. The SMILES string of the molecule is O=C(NCCc1nc2ccccc2[nH]1)c1cc2cc(F)ccc2[nH]1. The lowest BCUT2D eigenvalue weighted by Gasteiger charge is -2.01. The van der Waals surface area contributed by atoms with Gasteiger partial charge in [0.15, 0.2) is 0 Å². The Balaban J connectivity index is 1.41. The Bertz CT molecular complexity index is 1000. The summed E-state index contributed by atoms with van der Waals surface area (Å²) in [6.45, 7) is 0.461. The number of H-pyrrole nitrogens is 2. The van der Waals surface area contributed by atoms with E-state index in [1.807, 2.05) is 24.3 Å². The van der Waals surface area contributed by atoms with Crippen molar-refractivity contribution in [3.8, 4) is 0 Å². The zero-order chi connectivity index (χ0) is 16.5. The van der Waals surface area contributed by atoms with Crippen LogP contribution in [0.1, 0.15) is 16.3 Å². The molecule has 2 heterocycles. The van der Waals surface area contributed by atoms with Gasteiger partial charge in [-0.3, -0.25) is 4.79 Å². The van der Waals surface area contributed by atoms with E-state index in [1.165, 1.54) is 12.1 Å². The number of halogens is 1. The van der Waals surface area contributed by atoms with E-state index in [-0.39, 0.29) is 11.7 Å². The van der Waals surface area contributed by atoms with Gasteiger partial charge in [0.05, 0.1) is 11.0 Å². The highest BCUT2D eigenvalue weighted by atomic mass is 19.1. The van der Waals surface area contributed by atoms with Gasteiger partial charge >= 0.3 is 0 Å². The van der Waals surface area contributed by atoms with Crippen LogP contribution in [-0.4, -0.2) is 27.4 Å². The number of carbonyl (C=O) groups excluding carboxylic acids is 1. The van der Waals surface area contributed by atoms with Crippen molar-refractivity contribution in [1.82, 2.24) is 20.3 Å². The van der Waals surface area contributed by atoms with Gasteiger partial charge in [-0.05, 0) is 36.4 Å². The zero-order valence-electron chi connectivity index (χ0n) is 12.8. The van der Waals surface area contributed by atoms with Gasteiger partial charge in [0, 0.05) is 23.9 Å². The predicted octanol–water partition coefficient (Wildman–Crippen LogP) is 3.16. The van der Waals surface area contributed by atoms with Crippen molar-refractivity contribution in [2.75, 3.05) is 6.54 Å². The smallest absolute Gasteiger partial charge is 0.267 e. The second kappa shape index (κ2) is 5.81. The van der Waals surface area contributed by atoms with E-state index in [0.29, 0.717) is 24.0 Å². The molecule has 0 bridgehead atoms. The van der Waals surface area contributed by atoms with E-state index >= 15 is 0 Å². The highest BCUT2D eigenvalue weighted by molar-refractivity contribution is 5.98. The number of benzene rings is 2. The third kappa shape index (κ3) is 2.74. The minimum absolute atomic E-state index is 0.220. The molecule has 24 heavy (non-hydrogen) atoms. The van der Waals surface area contributed by atoms with Crippen LogP contribution in [0.3, 0.4) is 0 Å². The van der Waals surface area contributed by atoms with Crippen LogP contribution < -0.4 is 5.32 Å². The summed E-state index contributed by atoms with van der Waals surface area (Å²) in [5.41, 5.74) is 3.05. The molecule has 0 atom stereocenters. The summed E-state index contributed by atoms with van der Waals surface area (Å²) in [6, 6.07) is 13.8. The lowest BCUT2D eigenvalue weighted by atomic mass is 10.2. The lowest BCUT2D eigenvalue weighted by Crippen LogP contribution is -2.26. The number of aromatic amines is 2. The zero-order valence-corrected chi connectivity index (χ0v) is 12.8. The standard InChI is InChI=1S/C18H15FN4O/c19-12-5-6-13-11(9-12)10-16(21-13)18(24)20-8-7-17-22-14-3-1-2-4-15(14)23-17/h1-6,9-10,21H,7-8H2,(H,20,24)(H,22,23). The Morgan fingerprint density at radius 3 is 2.83 bits per heavy atom. The van der Waals surface area contributed by atoms with Gasteiger partial charge in [-0.15, -0.1) is 0 Å². The van der Waals surface area contributed by atoms with Gasteiger partial charge in [-0.25, -0.2) is 9.37 Å². The van der Waals surface area contributed by atoms with Crippen LogP contribution in [0.4, 0.5) is 4.39 Å². The van der Waals surface area contributed by atoms with Crippen LogP contribution in [0.25, 0.3) is 21.9 Å². The van der Waals surface area contributed by atoms with Crippen LogP contribution in [0.5, 0.6) is 0 Å². The number of para-hydroxylation sites is 2. The Morgan fingerprint density at radius 1 is 1.08 bits per heavy atom. The van der Waals surface area contributed by atoms with E-state index in [1.54, 1.807) is 12.1 Å². The average molecular weight is 322 g/mol. The average Bonchev–Trinajstić information content (AvgIpc) is 3.17. The maximum atomic E-state index is 13.2. The molecule has 4 rings (SSSR count). The number of nitrogens with one attached hydrogen (secondary N) is 3. The fourth-order valence-corrected chi connectivity index (χ4v) is 2.74. The maximum absolute atomic E-state index is 13.2. The van der Waals surface area contributed by atoms with Gasteiger partial charge in [-0.1, -0.05) is 12.1 Å². The number of hydrogen-bond donors (Lipinski definition) is 3. The molecule has 6 heteroatoms. The molecule has 2 aromatic carbocycles. The Labute approximate surface area is 136 Å². The van der Waals surface area contributed by atoms with E-state index in [4.69, 9.17) is 0 Å². The Kier molecular flexibility index (Phi) is 3.49. The number of imidazole rings is 1. The number of hydrogen-bond acceptors (Lipinski definition) is 2. The molecule has 120 valence electrons. The van der Waals surface area contributed by atoms with E-state index in [2.05, 4.69) is 20.3 Å². The second-order valence-electron chi connectivity index (χ2n) is 5.62. The molecule has 0 fully saturated rings. The fourth-order valence-electron chi connectivity index (χ4n) is 2.74. The van der Waals surface area contributed by atoms with Crippen molar-refractivity contribution in [1.29, 1.82) is 0 Å². The molecule has 0 aliphatic heterocycles. The first-order valence-electron chi connectivity index (χ1n) is 7.69. The number of fused-ring (bicyclic) bond motifs is 2. The molecule has 2 aromatic heterocycles. The molecular formula is C18H15FN4O. The van der Waals surface area contributed by atoms with Crippen molar-refractivity contribution in [2.24, 2.45) is 0 Å². The van der Waals surface area contributed by atoms with Crippen LogP contribution >= 0.6 is 0 Å². The first-order chi connectivity index (χ1) is 11.7. The molecule has 0 unspecified atom stereocenters. The third-order valence-electron chi connectivity index (χ3n) is 3.91. The highest BCUT2D eigenvalue weighted by Crippen LogP contribution is 2.16. The molecule has 0 aliphatic carbocycles. The largest absolute Gasteiger partial charge is 0.351 e. The fraction of sp³-hybridized carbons (Fsp3) is 0.111. The van der Waals surface area contributed by atoms with Gasteiger partial charge in [0.25, 0.3) is 5.91 Å². The predicted molar refractivity (Wildman–Crippen MR) is 90.4 cm³/mol. The molecule has 4 aromatic rings. The first kappa shape index (κ1) is 14.4. The lowest BCUT2D eigenvalue weighted by molar-refractivity contribution is 0.0950. The van der Waals surface area contributed by atoms with Gasteiger partial charge < -0.3 is 15.3 Å². The maximum Gasteiger partial charge on any atom is 0.267 e. The number of rotatable bonds is 4. The Hall–Kier alpha value is -3.15. The second-order valence-corrected chi connectivity index (χ2v) is 5.62. The molecule has 0 saturated heterocycles. The molecule has 5 nitrogen and oxygen atoms in total. The van der Waals surface area contributed by atoms with E-state index < -0.39 is 0 Å². The van der Waals surface area contributed by atoms with Crippen molar-refractivity contribution in [3.63, 3.8) is 0 Å². The minimum atomic E-state index is -0.321. The van der Waals surface area contributed by atoms with Gasteiger partial charge in [0.1, 0.15) is 17.3 Å². The Morgan fingerprint density at radius 2 is 1.96 bits per heavy atom. The third-order valence-corrected chi connectivity index (χ3v) is 3.91. The van der Waals surface area contributed by atoms with Crippen LogP contribution in [0.15, 0.2) is 48.5 Å². The summed E-state index contributed by atoms with van der Waals surface area (Å²) in [7, 11) is 0. The van der Waals surface area contributed by atoms with E-state index in [9.17, 15) is 9.18 Å². The molecule has 0 radical (unpaired) electrons. The molecule has 3 N–H and O–H groups in total. The van der Waals surface area contributed by atoms with Crippen molar-refractivity contribution in [3.05, 3.63) is 65.9 Å². The number of nitrogens with zero attached hydrogens (tertiary/aromatic N) is 1. The minimum Gasteiger partial charge on any atom is -0.351 e. The van der Waals surface area contributed by atoms with Crippen LogP contribution in [0.2, 0.25) is 0 Å². The number of carbonyl (C=O) groups is 1. The van der Waals surface area contributed by atoms with Gasteiger partial charge in [-0.2, -0.15) is 0 Å². The topological polar surface area (TPSA) is 73.6 Å². The number of aromatic nitrogens is 3. The molecule has 0 aliphatic rings. The van der Waals surface area contributed by atoms with E-state index in [0.717, 1.165) is 22.4 Å². The molecule has 0 saturated carbocycles. The monoisotopic (exact) mass is 322 g/mol. The summed E-state index contributed by atoms with van der Waals surface area (Å²) in [4.78, 5) is 22.9. The van der Waals surface area contributed by atoms with Crippen LogP contribution in [-0.2, 0) is 6.42 Å². The number of amides is 1. The molecule has 1 amide bonds. The summed E-state index contributed by atoms with van der Waals surface area (Å²) in [5, 5.41) is 3.52. The van der Waals surface area contributed by atoms with Crippen LogP contribution in [0, 0.1) is 5.82 Å². The highest BCUT2D eigenvalue weighted by Gasteiger charge is 2.10. The summed E-state index contributed by atoms with van der Waals surface area (Å²) < 4.78 is 13.2. The summed E-state index contributed by atoms with van der Waals surface area (Å²) in [6.07, 6.45) is 0.606. The normalized spacial score (nSPS) is 11.2. The first-order valence-corrected chi connectivity index (χ1v) is 7.69. The molecular weight excluding hydrogens is 307 g/mol.